The number of anilines is 2. The number of benzene rings is 2. The SMILES string of the molecule is O=c1[nH]cccc1N1CCOC(c2cccc3c2Oc2ccc(NCc4cccc(C5CC5)n4)cc2C3)C1. The molecule has 1 saturated carbocycles. The number of H-pyrrole nitrogens is 1. The van der Waals surface area contributed by atoms with Gasteiger partial charge >= 0.3 is 0 Å². The maximum Gasteiger partial charge on any atom is 0.271 e. The van der Waals surface area contributed by atoms with Crippen LogP contribution in [0.25, 0.3) is 0 Å². The molecule has 2 aliphatic heterocycles. The summed E-state index contributed by atoms with van der Waals surface area (Å²) in [5.74, 6) is 2.40. The lowest BCUT2D eigenvalue weighted by Crippen LogP contribution is -2.41. The zero-order valence-electron chi connectivity index (χ0n) is 21.2. The number of aromatic amines is 1. The van der Waals surface area contributed by atoms with E-state index in [9.17, 15) is 4.79 Å². The predicted molar refractivity (Wildman–Crippen MR) is 147 cm³/mol. The summed E-state index contributed by atoms with van der Waals surface area (Å²) in [4.78, 5) is 22.1. The number of hydrogen-bond acceptors (Lipinski definition) is 6. The van der Waals surface area contributed by atoms with Crippen molar-refractivity contribution < 1.29 is 9.47 Å². The molecule has 38 heavy (non-hydrogen) atoms. The highest BCUT2D eigenvalue weighted by atomic mass is 16.5. The third-order valence-corrected chi connectivity index (χ3v) is 7.63. The molecule has 0 amide bonds. The standard InChI is InChI=1S/C31H30N4O3/c36-31-27(8-3-13-32-31)35-14-15-37-29(19-35)25-6-1-4-21-16-22-17-23(11-12-28(22)38-30(21)25)33-18-24-5-2-7-26(34-24)20-9-10-20/h1-8,11-13,17,20,29,33H,9-10,14-16,18-19H2,(H,32,36). The van der Waals surface area contributed by atoms with E-state index >= 15 is 0 Å². The number of rotatable bonds is 6. The van der Waals surface area contributed by atoms with Gasteiger partial charge in [-0.3, -0.25) is 9.78 Å². The Morgan fingerprint density at radius 1 is 1.03 bits per heavy atom. The number of morpholine rings is 1. The fourth-order valence-corrected chi connectivity index (χ4v) is 5.48. The molecule has 4 heterocycles. The first-order valence-corrected chi connectivity index (χ1v) is 13.4. The first-order valence-electron chi connectivity index (χ1n) is 13.4. The van der Waals surface area contributed by atoms with Crippen LogP contribution >= 0.6 is 0 Å². The number of fused-ring (bicyclic) bond motifs is 2. The zero-order chi connectivity index (χ0) is 25.5. The molecule has 2 fully saturated rings. The minimum absolute atomic E-state index is 0.0794. The Morgan fingerprint density at radius 3 is 2.84 bits per heavy atom. The molecule has 192 valence electrons. The van der Waals surface area contributed by atoms with Gasteiger partial charge in [-0.2, -0.15) is 0 Å². The van der Waals surface area contributed by atoms with Gasteiger partial charge in [0.1, 0.15) is 23.3 Å². The van der Waals surface area contributed by atoms with Crippen LogP contribution in [0.2, 0.25) is 0 Å². The highest BCUT2D eigenvalue weighted by Gasteiger charge is 2.29. The number of hydrogen-bond donors (Lipinski definition) is 2. The molecule has 0 bridgehead atoms. The van der Waals surface area contributed by atoms with E-state index in [1.807, 2.05) is 18.2 Å². The number of nitrogens with zero attached hydrogens (tertiary/aromatic N) is 2. The second kappa shape index (κ2) is 9.65. The van der Waals surface area contributed by atoms with Crippen molar-refractivity contribution in [3.05, 3.63) is 111 Å². The second-order valence-corrected chi connectivity index (χ2v) is 10.3. The molecule has 0 spiro atoms. The molecule has 4 aromatic rings. The lowest BCUT2D eigenvalue weighted by molar-refractivity contribution is 0.0383. The van der Waals surface area contributed by atoms with Crippen molar-refractivity contribution in [3.63, 3.8) is 0 Å². The summed E-state index contributed by atoms with van der Waals surface area (Å²) in [6.07, 6.45) is 4.79. The van der Waals surface area contributed by atoms with Crippen LogP contribution in [0.4, 0.5) is 11.4 Å². The summed E-state index contributed by atoms with van der Waals surface area (Å²) in [6, 6.07) is 22.6. The van der Waals surface area contributed by atoms with Crippen molar-refractivity contribution in [2.24, 2.45) is 0 Å². The van der Waals surface area contributed by atoms with Gasteiger partial charge in [0, 0.05) is 54.1 Å². The molecule has 1 atom stereocenters. The van der Waals surface area contributed by atoms with Gasteiger partial charge in [-0.1, -0.05) is 24.3 Å². The van der Waals surface area contributed by atoms with E-state index in [1.54, 1.807) is 6.20 Å². The summed E-state index contributed by atoms with van der Waals surface area (Å²) in [6.45, 7) is 2.52. The van der Waals surface area contributed by atoms with Gasteiger partial charge in [-0.15, -0.1) is 0 Å². The number of pyridine rings is 2. The molecule has 7 nitrogen and oxygen atoms in total. The third kappa shape index (κ3) is 4.54. The highest BCUT2D eigenvalue weighted by molar-refractivity contribution is 5.59. The Morgan fingerprint density at radius 2 is 1.95 bits per heavy atom. The van der Waals surface area contributed by atoms with Crippen molar-refractivity contribution >= 4 is 11.4 Å². The van der Waals surface area contributed by atoms with Gasteiger partial charge in [-0.05, 0) is 60.9 Å². The maximum atomic E-state index is 12.4. The Bertz CT molecular complexity index is 1540. The van der Waals surface area contributed by atoms with Crippen molar-refractivity contribution in [3.8, 4) is 11.5 Å². The van der Waals surface area contributed by atoms with Crippen molar-refractivity contribution in [2.45, 2.75) is 37.8 Å². The molecular formula is C31H30N4O3. The van der Waals surface area contributed by atoms with E-state index < -0.39 is 0 Å². The average molecular weight is 507 g/mol. The maximum absolute atomic E-state index is 12.4. The van der Waals surface area contributed by atoms with Crippen molar-refractivity contribution in [1.29, 1.82) is 0 Å². The van der Waals surface area contributed by atoms with Crippen LogP contribution in [0.15, 0.2) is 77.7 Å². The summed E-state index contributed by atoms with van der Waals surface area (Å²) >= 11 is 0. The van der Waals surface area contributed by atoms with E-state index in [1.165, 1.54) is 18.5 Å². The van der Waals surface area contributed by atoms with Crippen LogP contribution < -0.4 is 20.5 Å². The largest absolute Gasteiger partial charge is 0.456 e. The summed E-state index contributed by atoms with van der Waals surface area (Å²) in [7, 11) is 0. The zero-order valence-corrected chi connectivity index (χ0v) is 21.2. The van der Waals surface area contributed by atoms with Crippen LogP contribution in [0.1, 0.15) is 52.9 Å². The second-order valence-electron chi connectivity index (χ2n) is 10.3. The van der Waals surface area contributed by atoms with Crippen LogP contribution in [0, 0.1) is 0 Å². The quantitative estimate of drug-likeness (QED) is 0.315. The smallest absolute Gasteiger partial charge is 0.271 e. The van der Waals surface area contributed by atoms with Crippen molar-refractivity contribution in [1.82, 2.24) is 9.97 Å². The molecule has 0 radical (unpaired) electrons. The summed E-state index contributed by atoms with van der Waals surface area (Å²) in [5, 5.41) is 3.54. The lowest BCUT2D eigenvalue weighted by Gasteiger charge is -2.35. The Kier molecular flexibility index (Phi) is 5.85. The lowest BCUT2D eigenvalue weighted by atomic mass is 9.95. The van der Waals surface area contributed by atoms with E-state index in [0.717, 1.165) is 46.0 Å². The van der Waals surface area contributed by atoms with E-state index in [2.05, 4.69) is 63.7 Å². The van der Waals surface area contributed by atoms with Gasteiger partial charge in [0.25, 0.3) is 5.56 Å². The van der Waals surface area contributed by atoms with Crippen LogP contribution in [-0.4, -0.2) is 29.7 Å². The van der Waals surface area contributed by atoms with Crippen LogP contribution in [0.5, 0.6) is 11.5 Å². The number of para-hydroxylation sites is 1. The molecule has 1 saturated heterocycles. The predicted octanol–water partition coefficient (Wildman–Crippen LogP) is 5.53. The molecule has 3 aliphatic rings. The van der Waals surface area contributed by atoms with Gasteiger partial charge in [0.2, 0.25) is 0 Å². The Balaban J connectivity index is 1.08. The minimum atomic E-state index is -0.181. The Labute approximate surface area is 221 Å². The van der Waals surface area contributed by atoms with E-state index in [4.69, 9.17) is 14.5 Å². The molecule has 7 heteroatoms. The van der Waals surface area contributed by atoms with Gasteiger partial charge in [0.15, 0.2) is 0 Å². The molecule has 7 rings (SSSR count). The minimum Gasteiger partial charge on any atom is -0.456 e. The highest BCUT2D eigenvalue weighted by Crippen LogP contribution is 2.43. The molecule has 2 aromatic heterocycles. The average Bonchev–Trinajstić information content (AvgIpc) is 3.81. The monoisotopic (exact) mass is 506 g/mol. The van der Waals surface area contributed by atoms with E-state index in [-0.39, 0.29) is 11.7 Å². The fraction of sp³-hybridized carbons (Fsp3) is 0.290. The van der Waals surface area contributed by atoms with E-state index in [0.29, 0.717) is 37.8 Å². The van der Waals surface area contributed by atoms with Gasteiger partial charge in [0.05, 0.1) is 18.8 Å². The number of aromatic nitrogens is 2. The fourth-order valence-electron chi connectivity index (χ4n) is 5.48. The first kappa shape index (κ1) is 23.0. The first-order chi connectivity index (χ1) is 18.7. The van der Waals surface area contributed by atoms with Crippen molar-refractivity contribution in [2.75, 3.05) is 29.9 Å². The summed E-state index contributed by atoms with van der Waals surface area (Å²) < 4.78 is 12.7. The van der Waals surface area contributed by atoms with Gasteiger partial charge < -0.3 is 24.7 Å². The molecule has 1 aliphatic carbocycles. The topological polar surface area (TPSA) is 79.5 Å². The Hall–Kier alpha value is -4.10. The molecule has 2 N–H and O–H groups in total. The number of ether oxygens (including phenoxy) is 2. The molecule has 1 unspecified atom stereocenters. The normalized spacial score (nSPS) is 18.3. The third-order valence-electron chi connectivity index (χ3n) is 7.63. The van der Waals surface area contributed by atoms with Gasteiger partial charge in [-0.25, -0.2) is 0 Å². The molecular weight excluding hydrogens is 476 g/mol. The van der Waals surface area contributed by atoms with Crippen LogP contribution in [-0.2, 0) is 17.7 Å². The molecule has 2 aromatic carbocycles. The number of nitrogens with one attached hydrogen (secondary N) is 2. The van der Waals surface area contributed by atoms with Crippen LogP contribution in [0.3, 0.4) is 0 Å². The summed E-state index contributed by atoms with van der Waals surface area (Å²) in [5.41, 5.74) is 7.26.